The molecule has 2 bridgehead atoms. The van der Waals surface area contributed by atoms with Gasteiger partial charge in [-0.15, -0.1) is 11.3 Å². The van der Waals surface area contributed by atoms with Gasteiger partial charge in [0.05, 0.1) is 10.3 Å². The second-order valence-corrected chi connectivity index (χ2v) is 6.79. The van der Waals surface area contributed by atoms with Crippen molar-refractivity contribution in [3.8, 4) is 0 Å². The highest BCUT2D eigenvalue weighted by Crippen LogP contribution is 2.29. The van der Waals surface area contributed by atoms with Crippen molar-refractivity contribution in [1.82, 2.24) is 15.6 Å². The Morgan fingerprint density at radius 3 is 2.95 bits per heavy atom. The van der Waals surface area contributed by atoms with Gasteiger partial charge < -0.3 is 15.7 Å². The number of carbonyl (C=O) groups is 2. The Balaban J connectivity index is 1.59. The van der Waals surface area contributed by atoms with Crippen LogP contribution >= 0.6 is 11.3 Å². The fraction of sp³-hybridized carbons (Fsp3) is 0.400. The molecule has 4 heterocycles. The van der Waals surface area contributed by atoms with Crippen LogP contribution in [0.2, 0.25) is 0 Å². The minimum atomic E-state index is -0.985. The highest BCUT2D eigenvalue weighted by atomic mass is 32.1. The van der Waals surface area contributed by atoms with Crippen LogP contribution in [-0.2, 0) is 0 Å². The molecule has 2 aliphatic heterocycles. The van der Waals surface area contributed by atoms with E-state index in [9.17, 15) is 14.7 Å². The van der Waals surface area contributed by atoms with Gasteiger partial charge in [0.2, 0.25) is 0 Å². The Kier molecular flexibility index (Phi) is 3.12. The third kappa shape index (κ3) is 2.17. The molecule has 3 atom stereocenters. The highest BCUT2D eigenvalue weighted by Gasteiger charge is 2.39. The van der Waals surface area contributed by atoms with Crippen LogP contribution in [0.1, 0.15) is 40.1 Å². The molecule has 1 amide bonds. The van der Waals surface area contributed by atoms with E-state index in [2.05, 4.69) is 15.6 Å². The summed E-state index contributed by atoms with van der Waals surface area (Å²) in [5.41, 5.74) is 0.495. The quantitative estimate of drug-likeness (QED) is 0.800. The van der Waals surface area contributed by atoms with Gasteiger partial charge in [0.15, 0.2) is 0 Å². The summed E-state index contributed by atoms with van der Waals surface area (Å²) in [4.78, 5) is 27.7. The van der Waals surface area contributed by atoms with Crippen LogP contribution in [0.3, 0.4) is 0 Å². The molecule has 4 rings (SSSR count). The lowest BCUT2D eigenvalue weighted by molar-refractivity contribution is 0.0699. The van der Waals surface area contributed by atoms with Crippen LogP contribution in [0, 0.1) is 0 Å². The van der Waals surface area contributed by atoms with Crippen LogP contribution in [0.4, 0.5) is 0 Å². The fourth-order valence-electron chi connectivity index (χ4n) is 3.45. The topological polar surface area (TPSA) is 91.3 Å². The van der Waals surface area contributed by atoms with Gasteiger partial charge in [0.25, 0.3) is 5.91 Å². The maximum Gasteiger partial charge on any atom is 0.337 e. The summed E-state index contributed by atoms with van der Waals surface area (Å²) in [5, 5.41) is 17.8. The van der Waals surface area contributed by atoms with Crippen molar-refractivity contribution in [3.05, 3.63) is 28.9 Å². The van der Waals surface area contributed by atoms with Crippen molar-refractivity contribution in [3.63, 3.8) is 0 Å². The number of amides is 1. The second-order valence-electron chi connectivity index (χ2n) is 5.88. The lowest BCUT2D eigenvalue weighted by atomic mass is 9.95. The Morgan fingerprint density at radius 1 is 1.41 bits per heavy atom. The maximum atomic E-state index is 12.4. The van der Waals surface area contributed by atoms with E-state index < -0.39 is 5.97 Å². The van der Waals surface area contributed by atoms with Crippen molar-refractivity contribution in [1.29, 1.82) is 0 Å². The number of aromatic nitrogens is 1. The average Bonchev–Trinajstić information content (AvgIpc) is 3.20. The Bertz CT molecular complexity index is 772. The zero-order valence-electron chi connectivity index (χ0n) is 11.7. The van der Waals surface area contributed by atoms with Gasteiger partial charge >= 0.3 is 5.97 Å². The van der Waals surface area contributed by atoms with Crippen molar-refractivity contribution in [2.24, 2.45) is 0 Å². The molecule has 0 spiro atoms. The first-order chi connectivity index (χ1) is 10.6. The van der Waals surface area contributed by atoms with E-state index in [0.29, 0.717) is 17.5 Å². The SMILES string of the molecule is O=C(N[C@@H]1C[C@H]2CC[C@@H]1N2)c1cc2c(C(=O)O)csc2cn1. The number of thiophene rings is 1. The molecule has 0 saturated carbocycles. The third-order valence-corrected chi connectivity index (χ3v) is 5.47. The molecule has 2 aromatic rings. The summed E-state index contributed by atoms with van der Waals surface area (Å²) in [6.45, 7) is 0. The van der Waals surface area contributed by atoms with Gasteiger partial charge in [-0.25, -0.2) is 9.78 Å². The molecule has 2 fully saturated rings. The smallest absolute Gasteiger partial charge is 0.337 e. The molecule has 7 heteroatoms. The second kappa shape index (κ2) is 5.03. The molecular weight excluding hydrogens is 302 g/mol. The zero-order chi connectivity index (χ0) is 15.3. The number of carboxylic acids is 1. The van der Waals surface area contributed by atoms with E-state index in [1.807, 2.05) is 0 Å². The minimum Gasteiger partial charge on any atom is -0.478 e. The van der Waals surface area contributed by atoms with Gasteiger partial charge in [-0.3, -0.25) is 4.79 Å². The molecule has 3 N–H and O–H groups in total. The van der Waals surface area contributed by atoms with Crippen molar-refractivity contribution < 1.29 is 14.7 Å². The largest absolute Gasteiger partial charge is 0.478 e. The first-order valence-electron chi connectivity index (χ1n) is 7.29. The summed E-state index contributed by atoms with van der Waals surface area (Å²) < 4.78 is 0.774. The lowest BCUT2D eigenvalue weighted by Crippen LogP contribution is -2.43. The van der Waals surface area contributed by atoms with E-state index in [1.165, 1.54) is 17.8 Å². The van der Waals surface area contributed by atoms with Crippen LogP contribution in [0.5, 0.6) is 0 Å². The molecule has 0 unspecified atom stereocenters. The van der Waals surface area contributed by atoms with Gasteiger partial charge in [-0.05, 0) is 25.3 Å². The number of hydrogen-bond acceptors (Lipinski definition) is 5. The summed E-state index contributed by atoms with van der Waals surface area (Å²) in [6, 6.07) is 2.59. The zero-order valence-corrected chi connectivity index (χ0v) is 12.5. The van der Waals surface area contributed by atoms with Crippen LogP contribution < -0.4 is 10.6 Å². The summed E-state index contributed by atoms with van der Waals surface area (Å²) in [5.74, 6) is -1.22. The first kappa shape index (κ1) is 13.7. The standard InChI is InChI=1S/C15H15N3O3S/c19-14(18-11-3-7-1-2-10(11)17-7)12-4-8-9(15(20)21)6-22-13(8)5-16-12/h4-7,10-11,17H,1-3H2,(H,18,19)(H,20,21)/t7-,10+,11-/m1/s1. The van der Waals surface area contributed by atoms with E-state index in [0.717, 1.165) is 17.5 Å². The van der Waals surface area contributed by atoms with E-state index in [4.69, 9.17) is 0 Å². The molecule has 22 heavy (non-hydrogen) atoms. The molecule has 0 aliphatic carbocycles. The highest BCUT2D eigenvalue weighted by molar-refractivity contribution is 7.17. The number of hydrogen-bond donors (Lipinski definition) is 3. The molecule has 0 aromatic carbocycles. The molecular formula is C15H15N3O3S. The molecule has 6 nitrogen and oxygen atoms in total. The number of rotatable bonds is 3. The molecule has 114 valence electrons. The Morgan fingerprint density at radius 2 is 2.27 bits per heavy atom. The number of nitrogens with zero attached hydrogens (tertiary/aromatic N) is 1. The number of carboxylic acid groups (broad SMARTS) is 1. The fourth-order valence-corrected chi connectivity index (χ4v) is 4.33. The van der Waals surface area contributed by atoms with Crippen LogP contribution in [0.15, 0.2) is 17.6 Å². The normalized spacial score (nSPS) is 26.5. The van der Waals surface area contributed by atoms with E-state index in [1.54, 1.807) is 17.6 Å². The Labute approximate surface area is 130 Å². The number of carbonyl (C=O) groups excluding carboxylic acids is 1. The molecule has 2 saturated heterocycles. The third-order valence-electron chi connectivity index (χ3n) is 4.54. The summed E-state index contributed by atoms with van der Waals surface area (Å²) >= 11 is 1.32. The van der Waals surface area contributed by atoms with Crippen molar-refractivity contribution in [2.45, 2.75) is 37.4 Å². The monoisotopic (exact) mass is 317 g/mol. The molecule has 2 aromatic heterocycles. The number of aromatic carboxylic acids is 1. The van der Waals surface area contributed by atoms with Crippen LogP contribution in [-0.4, -0.2) is 40.1 Å². The van der Waals surface area contributed by atoms with Gasteiger partial charge in [-0.2, -0.15) is 0 Å². The van der Waals surface area contributed by atoms with Crippen molar-refractivity contribution in [2.75, 3.05) is 0 Å². The maximum absolute atomic E-state index is 12.4. The molecule has 2 aliphatic rings. The van der Waals surface area contributed by atoms with E-state index >= 15 is 0 Å². The predicted molar refractivity (Wildman–Crippen MR) is 82.4 cm³/mol. The van der Waals surface area contributed by atoms with E-state index in [-0.39, 0.29) is 23.2 Å². The number of fused-ring (bicyclic) bond motifs is 3. The van der Waals surface area contributed by atoms with Gasteiger partial charge in [-0.1, -0.05) is 0 Å². The molecule has 0 radical (unpaired) electrons. The predicted octanol–water partition coefficient (Wildman–Crippen LogP) is 1.62. The lowest BCUT2D eigenvalue weighted by Gasteiger charge is -2.21. The van der Waals surface area contributed by atoms with Gasteiger partial charge in [0, 0.05) is 35.1 Å². The van der Waals surface area contributed by atoms with Crippen molar-refractivity contribution >= 4 is 33.3 Å². The number of nitrogens with one attached hydrogen (secondary N) is 2. The van der Waals surface area contributed by atoms with Gasteiger partial charge in [0.1, 0.15) is 5.69 Å². The summed E-state index contributed by atoms with van der Waals surface area (Å²) in [7, 11) is 0. The average molecular weight is 317 g/mol. The van der Waals surface area contributed by atoms with Crippen LogP contribution in [0.25, 0.3) is 10.1 Å². The number of pyridine rings is 1. The minimum absolute atomic E-state index is 0.144. The Hall–Kier alpha value is -1.99. The summed E-state index contributed by atoms with van der Waals surface area (Å²) in [6.07, 6.45) is 4.80. The first-order valence-corrected chi connectivity index (χ1v) is 8.17.